The van der Waals surface area contributed by atoms with Gasteiger partial charge in [-0.1, -0.05) is 18.2 Å². The van der Waals surface area contributed by atoms with Crippen LogP contribution >= 0.6 is 0 Å². The van der Waals surface area contributed by atoms with E-state index in [0.29, 0.717) is 19.6 Å². The van der Waals surface area contributed by atoms with E-state index in [4.69, 9.17) is 4.74 Å². The second kappa shape index (κ2) is 8.57. The summed E-state index contributed by atoms with van der Waals surface area (Å²) in [7, 11) is 0. The van der Waals surface area contributed by atoms with Crippen LogP contribution in [0.15, 0.2) is 24.3 Å². The second-order valence-electron chi connectivity index (χ2n) is 6.28. The van der Waals surface area contributed by atoms with Gasteiger partial charge < -0.3 is 19.9 Å². The lowest BCUT2D eigenvalue weighted by Crippen LogP contribution is -2.52. The molecule has 0 atom stereocenters. The lowest BCUT2D eigenvalue weighted by molar-refractivity contribution is -0.147. The van der Waals surface area contributed by atoms with Crippen molar-refractivity contribution in [2.75, 3.05) is 37.6 Å². The van der Waals surface area contributed by atoms with Crippen LogP contribution < -0.4 is 10.2 Å². The smallest absolute Gasteiger partial charge is 0.317 e. The van der Waals surface area contributed by atoms with Gasteiger partial charge in [-0.25, -0.2) is 4.79 Å². The highest BCUT2D eigenvalue weighted by Crippen LogP contribution is 2.20. The highest BCUT2D eigenvalue weighted by atomic mass is 16.5. The average molecular weight is 333 g/mol. The van der Waals surface area contributed by atoms with Gasteiger partial charge in [0.25, 0.3) is 0 Å². The predicted molar refractivity (Wildman–Crippen MR) is 94.2 cm³/mol. The van der Waals surface area contributed by atoms with Crippen LogP contribution in [0.3, 0.4) is 0 Å². The van der Waals surface area contributed by atoms with Crippen molar-refractivity contribution in [3.63, 3.8) is 0 Å². The van der Waals surface area contributed by atoms with Gasteiger partial charge in [-0.3, -0.25) is 4.79 Å². The van der Waals surface area contributed by atoms with E-state index in [1.807, 2.05) is 26.0 Å². The first kappa shape index (κ1) is 18.1. The average Bonchev–Trinajstić information content (AvgIpc) is 2.54. The number of anilines is 1. The highest BCUT2D eigenvalue weighted by Gasteiger charge is 2.21. The normalized spacial score (nSPS) is 14.7. The maximum absolute atomic E-state index is 12.2. The summed E-state index contributed by atoms with van der Waals surface area (Å²) >= 11 is 0. The van der Waals surface area contributed by atoms with Gasteiger partial charge in [-0.2, -0.15) is 0 Å². The molecular formula is C18H27N3O3. The van der Waals surface area contributed by atoms with E-state index in [1.165, 1.54) is 11.3 Å². The zero-order valence-corrected chi connectivity index (χ0v) is 14.7. The SMILES string of the molecule is Cc1ccccc1N1CCN(C(=O)NCCC(=O)OC(C)C)CC1. The molecular weight excluding hydrogens is 306 g/mol. The number of para-hydroxylation sites is 1. The quantitative estimate of drug-likeness (QED) is 0.839. The third-order valence-corrected chi connectivity index (χ3v) is 4.00. The Labute approximate surface area is 143 Å². The third kappa shape index (κ3) is 5.15. The molecule has 0 aliphatic carbocycles. The summed E-state index contributed by atoms with van der Waals surface area (Å²) in [6.07, 6.45) is 0.0790. The molecule has 0 aromatic heterocycles. The van der Waals surface area contributed by atoms with Crippen molar-refractivity contribution in [1.82, 2.24) is 10.2 Å². The Bertz CT molecular complexity index is 566. The molecule has 0 spiro atoms. The first-order valence-corrected chi connectivity index (χ1v) is 8.50. The number of ether oxygens (including phenoxy) is 1. The molecule has 24 heavy (non-hydrogen) atoms. The number of nitrogens with zero attached hydrogens (tertiary/aromatic N) is 2. The van der Waals surface area contributed by atoms with Crippen LogP contribution in [0.4, 0.5) is 10.5 Å². The Morgan fingerprint density at radius 3 is 2.46 bits per heavy atom. The Balaban J connectivity index is 1.73. The number of urea groups is 1. The van der Waals surface area contributed by atoms with Crippen molar-refractivity contribution < 1.29 is 14.3 Å². The Kier molecular flexibility index (Phi) is 6.46. The van der Waals surface area contributed by atoms with Crippen molar-refractivity contribution in [3.8, 4) is 0 Å². The Hall–Kier alpha value is -2.24. The maximum atomic E-state index is 12.2. The first-order chi connectivity index (χ1) is 11.5. The summed E-state index contributed by atoms with van der Waals surface area (Å²) in [5.74, 6) is -0.283. The van der Waals surface area contributed by atoms with Gasteiger partial charge in [0.1, 0.15) is 0 Å². The fraction of sp³-hybridized carbons (Fsp3) is 0.556. The zero-order chi connectivity index (χ0) is 17.5. The van der Waals surface area contributed by atoms with Gasteiger partial charge in [0, 0.05) is 38.4 Å². The molecule has 2 rings (SSSR count). The van der Waals surface area contributed by atoms with E-state index in [-0.39, 0.29) is 24.5 Å². The summed E-state index contributed by atoms with van der Waals surface area (Å²) in [6, 6.07) is 8.18. The monoisotopic (exact) mass is 333 g/mol. The maximum Gasteiger partial charge on any atom is 0.317 e. The molecule has 0 saturated carbocycles. The summed E-state index contributed by atoms with van der Waals surface area (Å²) in [4.78, 5) is 27.7. The van der Waals surface area contributed by atoms with E-state index < -0.39 is 0 Å². The third-order valence-electron chi connectivity index (χ3n) is 4.00. The Morgan fingerprint density at radius 1 is 1.17 bits per heavy atom. The molecule has 0 unspecified atom stereocenters. The van der Waals surface area contributed by atoms with Gasteiger partial charge in [-0.15, -0.1) is 0 Å². The van der Waals surface area contributed by atoms with Gasteiger partial charge >= 0.3 is 12.0 Å². The van der Waals surface area contributed by atoms with Crippen LogP contribution in [-0.4, -0.2) is 55.7 Å². The van der Waals surface area contributed by atoms with Gasteiger partial charge in [0.2, 0.25) is 0 Å². The molecule has 1 fully saturated rings. The van der Waals surface area contributed by atoms with Crippen LogP contribution in [0.2, 0.25) is 0 Å². The number of carbonyl (C=O) groups excluding carboxylic acids is 2. The molecule has 1 saturated heterocycles. The lowest BCUT2D eigenvalue weighted by Gasteiger charge is -2.36. The molecule has 0 radical (unpaired) electrons. The molecule has 132 valence electrons. The second-order valence-corrected chi connectivity index (χ2v) is 6.28. The Morgan fingerprint density at radius 2 is 1.83 bits per heavy atom. The van der Waals surface area contributed by atoms with Crippen molar-refractivity contribution in [3.05, 3.63) is 29.8 Å². The molecule has 6 heteroatoms. The molecule has 1 aliphatic rings. The number of hydrogen-bond donors (Lipinski definition) is 1. The summed E-state index contributed by atoms with van der Waals surface area (Å²) in [5, 5.41) is 2.79. The number of hydrogen-bond acceptors (Lipinski definition) is 4. The number of esters is 1. The van der Waals surface area contributed by atoms with Gasteiger partial charge in [0.05, 0.1) is 12.5 Å². The van der Waals surface area contributed by atoms with Gasteiger partial charge in [-0.05, 0) is 32.4 Å². The van der Waals surface area contributed by atoms with Crippen molar-refractivity contribution in [1.29, 1.82) is 0 Å². The number of rotatable bonds is 5. The molecule has 1 N–H and O–H groups in total. The summed E-state index contributed by atoms with van der Waals surface area (Å²) < 4.78 is 5.04. The fourth-order valence-corrected chi connectivity index (χ4v) is 2.77. The van der Waals surface area contributed by atoms with Crippen LogP contribution in [0, 0.1) is 6.92 Å². The van der Waals surface area contributed by atoms with Crippen LogP contribution in [-0.2, 0) is 9.53 Å². The van der Waals surface area contributed by atoms with Crippen molar-refractivity contribution >= 4 is 17.7 Å². The number of carbonyl (C=O) groups is 2. The van der Waals surface area contributed by atoms with Crippen LogP contribution in [0.1, 0.15) is 25.8 Å². The molecule has 1 aromatic carbocycles. The van der Waals surface area contributed by atoms with Crippen molar-refractivity contribution in [2.45, 2.75) is 33.3 Å². The standard InChI is InChI=1S/C18H27N3O3/c1-14(2)24-17(22)8-9-19-18(23)21-12-10-20(11-13-21)16-7-5-4-6-15(16)3/h4-7,14H,8-13H2,1-3H3,(H,19,23). The minimum absolute atomic E-state index is 0.114. The number of benzene rings is 1. The van der Waals surface area contributed by atoms with Crippen LogP contribution in [0.25, 0.3) is 0 Å². The number of amides is 2. The molecule has 1 aromatic rings. The number of aryl methyl sites for hydroxylation is 1. The molecule has 6 nitrogen and oxygen atoms in total. The number of nitrogens with one attached hydrogen (secondary N) is 1. The largest absolute Gasteiger partial charge is 0.463 e. The highest BCUT2D eigenvalue weighted by molar-refractivity contribution is 5.76. The molecule has 0 bridgehead atoms. The van der Waals surface area contributed by atoms with E-state index in [0.717, 1.165) is 13.1 Å². The van der Waals surface area contributed by atoms with E-state index in [2.05, 4.69) is 29.3 Å². The van der Waals surface area contributed by atoms with Crippen molar-refractivity contribution in [2.24, 2.45) is 0 Å². The number of piperazine rings is 1. The topological polar surface area (TPSA) is 61.9 Å². The van der Waals surface area contributed by atoms with E-state index in [1.54, 1.807) is 4.90 Å². The van der Waals surface area contributed by atoms with E-state index in [9.17, 15) is 9.59 Å². The summed E-state index contributed by atoms with van der Waals surface area (Å²) in [6.45, 7) is 9.01. The minimum atomic E-state index is -0.283. The molecule has 1 aliphatic heterocycles. The summed E-state index contributed by atoms with van der Waals surface area (Å²) in [5.41, 5.74) is 2.48. The minimum Gasteiger partial charge on any atom is -0.463 e. The first-order valence-electron chi connectivity index (χ1n) is 8.50. The van der Waals surface area contributed by atoms with Crippen LogP contribution in [0.5, 0.6) is 0 Å². The zero-order valence-electron chi connectivity index (χ0n) is 14.7. The molecule has 1 heterocycles. The van der Waals surface area contributed by atoms with Gasteiger partial charge in [0.15, 0.2) is 0 Å². The molecule has 2 amide bonds. The lowest BCUT2D eigenvalue weighted by atomic mass is 10.1. The fourth-order valence-electron chi connectivity index (χ4n) is 2.77. The van der Waals surface area contributed by atoms with E-state index >= 15 is 0 Å². The predicted octanol–water partition coefficient (Wildman–Crippen LogP) is 2.17.